The molecule has 0 aliphatic heterocycles. The van der Waals surface area contributed by atoms with E-state index in [2.05, 4.69) is 43.4 Å². The van der Waals surface area contributed by atoms with E-state index in [1.54, 1.807) is 6.07 Å². The quantitative estimate of drug-likeness (QED) is 0.704. The molecule has 3 heteroatoms. The fraction of sp³-hybridized carbons (Fsp3) is 0.421. The van der Waals surface area contributed by atoms with Gasteiger partial charge in [-0.15, -0.1) is 0 Å². The Morgan fingerprint density at radius 1 is 1.14 bits per heavy atom. The predicted molar refractivity (Wildman–Crippen MR) is 95.9 cm³/mol. The zero-order chi connectivity index (χ0) is 16.5. The van der Waals surface area contributed by atoms with Gasteiger partial charge in [-0.2, -0.15) is 0 Å². The van der Waals surface area contributed by atoms with Crippen LogP contribution in [-0.2, 0) is 6.42 Å². The van der Waals surface area contributed by atoms with E-state index in [-0.39, 0.29) is 5.82 Å². The second kappa shape index (κ2) is 6.53. The molecule has 22 heavy (non-hydrogen) atoms. The van der Waals surface area contributed by atoms with Crippen molar-refractivity contribution in [1.29, 1.82) is 0 Å². The molecule has 0 saturated carbocycles. The standard InChI is InChI=1S/C19H26FGeN/c1-13(2)9-15-11-19(22-12-18(15)21(4,5)6)17-8-7-16(20)10-14(17)3/h7-8,10-13H,9H2,1-6H3. The van der Waals surface area contributed by atoms with Crippen molar-refractivity contribution in [3.05, 3.63) is 47.4 Å². The second-order valence-corrected chi connectivity index (χ2v) is 18.1. The number of benzene rings is 1. The fourth-order valence-electron chi connectivity index (χ4n) is 2.84. The molecule has 0 N–H and O–H groups in total. The third-order valence-corrected chi connectivity index (χ3v) is 8.23. The van der Waals surface area contributed by atoms with E-state index in [4.69, 9.17) is 4.98 Å². The molecule has 0 spiro atoms. The normalized spacial score (nSPS) is 12.0. The molecule has 0 aliphatic rings. The van der Waals surface area contributed by atoms with Crippen LogP contribution in [0.3, 0.4) is 0 Å². The van der Waals surface area contributed by atoms with Crippen LogP contribution in [0.25, 0.3) is 11.3 Å². The molecule has 2 aromatic rings. The molecule has 0 saturated heterocycles. The first-order valence-corrected chi connectivity index (χ1v) is 15.3. The molecular formula is C19H26FGeN. The van der Waals surface area contributed by atoms with Crippen molar-refractivity contribution >= 4 is 17.7 Å². The first-order valence-electron chi connectivity index (χ1n) is 7.94. The maximum atomic E-state index is 13.3. The number of aromatic nitrogens is 1. The number of pyridine rings is 1. The summed E-state index contributed by atoms with van der Waals surface area (Å²) in [6, 6.07) is 7.16. The van der Waals surface area contributed by atoms with Crippen LogP contribution in [0.2, 0.25) is 17.3 Å². The van der Waals surface area contributed by atoms with Crippen molar-refractivity contribution in [2.45, 2.75) is 44.5 Å². The van der Waals surface area contributed by atoms with Gasteiger partial charge in [0.2, 0.25) is 0 Å². The summed E-state index contributed by atoms with van der Waals surface area (Å²) in [6.45, 7) is 6.45. The minimum absolute atomic E-state index is 0.190. The van der Waals surface area contributed by atoms with Crippen molar-refractivity contribution in [2.75, 3.05) is 0 Å². The van der Waals surface area contributed by atoms with Crippen molar-refractivity contribution < 1.29 is 4.39 Å². The van der Waals surface area contributed by atoms with Crippen molar-refractivity contribution in [3.8, 4) is 11.3 Å². The van der Waals surface area contributed by atoms with Gasteiger partial charge in [-0.1, -0.05) is 0 Å². The van der Waals surface area contributed by atoms with Crippen molar-refractivity contribution in [2.24, 2.45) is 5.92 Å². The van der Waals surface area contributed by atoms with E-state index in [9.17, 15) is 4.39 Å². The number of hydrogen-bond acceptors (Lipinski definition) is 1. The van der Waals surface area contributed by atoms with Crippen LogP contribution in [0.4, 0.5) is 4.39 Å². The van der Waals surface area contributed by atoms with Gasteiger partial charge in [0.15, 0.2) is 0 Å². The monoisotopic (exact) mass is 361 g/mol. The molecule has 1 aromatic carbocycles. The molecule has 0 unspecified atom stereocenters. The summed E-state index contributed by atoms with van der Waals surface area (Å²) in [7, 11) is 0. The Balaban J connectivity index is 2.55. The van der Waals surface area contributed by atoms with Gasteiger partial charge >= 0.3 is 136 Å². The van der Waals surface area contributed by atoms with Gasteiger partial charge in [-0.25, -0.2) is 0 Å². The van der Waals surface area contributed by atoms with Crippen LogP contribution >= 0.6 is 0 Å². The number of halogens is 1. The first-order chi connectivity index (χ1) is 10.2. The molecule has 0 radical (unpaired) electrons. The zero-order valence-electron chi connectivity index (χ0n) is 14.5. The number of rotatable bonds is 4. The third kappa shape index (κ3) is 3.98. The predicted octanol–water partition coefficient (Wildman–Crippen LogP) is 4.94. The van der Waals surface area contributed by atoms with Crippen molar-refractivity contribution in [3.63, 3.8) is 0 Å². The van der Waals surface area contributed by atoms with E-state index in [1.165, 1.54) is 16.0 Å². The molecule has 0 fully saturated rings. The van der Waals surface area contributed by atoms with E-state index < -0.39 is 13.3 Å². The first kappa shape index (κ1) is 17.2. The Morgan fingerprint density at radius 3 is 2.36 bits per heavy atom. The summed E-state index contributed by atoms with van der Waals surface area (Å²) in [6.07, 6.45) is 3.16. The van der Waals surface area contributed by atoms with E-state index in [0.29, 0.717) is 5.92 Å². The molecule has 0 atom stereocenters. The Morgan fingerprint density at radius 2 is 1.82 bits per heavy atom. The molecule has 0 amide bonds. The van der Waals surface area contributed by atoms with E-state index in [1.807, 2.05) is 13.0 Å². The van der Waals surface area contributed by atoms with Gasteiger partial charge in [0, 0.05) is 0 Å². The maximum absolute atomic E-state index is 13.3. The van der Waals surface area contributed by atoms with Crippen LogP contribution < -0.4 is 4.40 Å². The van der Waals surface area contributed by atoms with E-state index >= 15 is 0 Å². The molecule has 118 valence electrons. The van der Waals surface area contributed by atoms with Gasteiger partial charge < -0.3 is 0 Å². The van der Waals surface area contributed by atoms with Crippen LogP contribution in [-0.4, -0.2) is 18.3 Å². The fourth-order valence-corrected chi connectivity index (χ4v) is 6.18. The number of hydrogen-bond donors (Lipinski definition) is 0. The Hall–Kier alpha value is -1.16. The zero-order valence-corrected chi connectivity index (χ0v) is 16.6. The summed E-state index contributed by atoms with van der Waals surface area (Å²) in [5.41, 5.74) is 4.35. The van der Waals surface area contributed by atoms with Gasteiger partial charge in [0.1, 0.15) is 0 Å². The van der Waals surface area contributed by atoms with Crippen LogP contribution in [0, 0.1) is 18.7 Å². The van der Waals surface area contributed by atoms with Gasteiger partial charge in [-0.05, 0) is 0 Å². The minimum atomic E-state index is -1.94. The second-order valence-electron chi connectivity index (χ2n) is 7.53. The van der Waals surface area contributed by atoms with Gasteiger partial charge in [-0.3, -0.25) is 0 Å². The van der Waals surface area contributed by atoms with E-state index in [0.717, 1.165) is 23.2 Å². The van der Waals surface area contributed by atoms with Crippen LogP contribution in [0.1, 0.15) is 25.0 Å². The van der Waals surface area contributed by atoms with Gasteiger partial charge in [0.05, 0.1) is 0 Å². The molecule has 1 nitrogen and oxygen atoms in total. The molecular weight excluding hydrogens is 334 g/mol. The number of nitrogens with zero attached hydrogens (tertiary/aromatic N) is 1. The van der Waals surface area contributed by atoms with Gasteiger partial charge in [0.25, 0.3) is 0 Å². The average molecular weight is 360 g/mol. The molecule has 0 bridgehead atoms. The SMILES string of the molecule is Cc1cc(F)ccc1-c1cc(CC(C)C)[c]([Ge]([CH3])([CH3])[CH3])cn1. The molecule has 2 rings (SSSR count). The summed E-state index contributed by atoms with van der Waals surface area (Å²) < 4.78 is 14.8. The topological polar surface area (TPSA) is 12.9 Å². The molecule has 0 aliphatic carbocycles. The molecule has 1 heterocycles. The van der Waals surface area contributed by atoms with Crippen LogP contribution in [0.5, 0.6) is 0 Å². The summed E-state index contributed by atoms with van der Waals surface area (Å²) in [5.74, 6) is 7.65. The van der Waals surface area contributed by atoms with Crippen molar-refractivity contribution in [1.82, 2.24) is 4.98 Å². The summed E-state index contributed by atoms with van der Waals surface area (Å²) in [5, 5.41) is 0. The Bertz CT molecular complexity index is 672. The Kier molecular flexibility index (Phi) is 5.11. The molecule has 1 aromatic heterocycles. The third-order valence-electron chi connectivity index (χ3n) is 3.89. The van der Waals surface area contributed by atoms with Crippen LogP contribution in [0.15, 0.2) is 30.5 Å². The average Bonchev–Trinajstić information content (AvgIpc) is 2.36. The summed E-state index contributed by atoms with van der Waals surface area (Å²) >= 11 is -1.94. The number of aryl methyl sites for hydroxylation is 1. The summed E-state index contributed by atoms with van der Waals surface area (Å²) in [4.78, 5) is 4.70. The Labute approximate surface area is 136 Å².